The van der Waals surface area contributed by atoms with E-state index in [1.54, 1.807) is 42.5 Å². The zero-order valence-corrected chi connectivity index (χ0v) is 31.6. The van der Waals surface area contributed by atoms with Gasteiger partial charge in [-0.2, -0.15) is 26.3 Å². The first kappa shape index (κ1) is 35.2. The molecule has 0 fully saturated rings. The monoisotopic (exact) mass is 762 g/mol. The Morgan fingerprint density at radius 2 is 0.817 bits per heavy atom. The SMILES string of the molecule is N#Cc1cc(C#N)cc(-c2ccc3c4ccccc4n(-c4cc(-c5cccc(C#N)c5)c(-n5c6ccccc6c6ccc(-c7cc(C#N)cc(C#N)c7)cc65)cn4)c3c2)c1. The maximum absolute atomic E-state index is 10.0. The zero-order valence-electron chi connectivity index (χ0n) is 31.6. The van der Waals surface area contributed by atoms with Crippen LogP contribution in [0.1, 0.15) is 27.8 Å². The van der Waals surface area contributed by atoms with E-state index >= 15 is 0 Å². The number of hydrogen-bond acceptors (Lipinski definition) is 6. The van der Waals surface area contributed by atoms with E-state index in [2.05, 4.69) is 94.1 Å². The molecule has 0 radical (unpaired) electrons. The summed E-state index contributed by atoms with van der Waals surface area (Å²) in [6, 6.07) is 59.7. The number of rotatable bonds is 5. The van der Waals surface area contributed by atoms with Gasteiger partial charge in [-0.3, -0.25) is 4.57 Å². The highest BCUT2D eigenvalue weighted by atomic mass is 15.1. The van der Waals surface area contributed by atoms with E-state index in [1.807, 2.05) is 60.8 Å². The molecule has 0 bridgehead atoms. The molecule has 0 N–H and O–H groups in total. The van der Waals surface area contributed by atoms with Gasteiger partial charge in [0.15, 0.2) is 0 Å². The molecule has 3 aromatic heterocycles. The second-order valence-corrected chi connectivity index (χ2v) is 14.5. The average Bonchev–Trinajstić information content (AvgIpc) is 3.83. The Balaban J connectivity index is 1.26. The molecule has 0 unspecified atom stereocenters. The first-order valence-corrected chi connectivity index (χ1v) is 19.0. The fraction of sp³-hybridized carbons (Fsp3) is 0. The summed E-state index contributed by atoms with van der Waals surface area (Å²) in [7, 11) is 0. The molecular formula is C52H26N8. The predicted molar refractivity (Wildman–Crippen MR) is 233 cm³/mol. The van der Waals surface area contributed by atoms with Crippen LogP contribution in [-0.2, 0) is 0 Å². The number of nitriles is 5. The first-order chi connectivity index (χ1) is 29.5. The molecule has 10 rings (SSSR count). The van der Waals surface area contributed by atoms with Crippen molar-refractivity contribution in [2.45, 2.75) is 0 Å². The number of fused-ring (bicyclic) bond motifs is 6. The third-order valence-electron chi connectivity index (χ3n) is 11.0. The van der Waals surface area contributed by atoms with Gasteiger partial charge in [0, 0.05) is 27.1 Å². The standard InChI is InChI=1S/C52H26N8/c53-26-32-6-5-7-39(18-32)46-25-52(60-48-11-4-2-9-43(48)45-15-13-38(24-50(45)60)41-21-35(29-56)17-36(22-41)30-57)58-31-51(46)59-47-10-3-1-8-42(47)44-14-12-37(23-49(44)59)40-19-33(27-54)16-34(20-40)28-55/h1-25,31H. The van der Waals surface area contributed by atoms with Crippen LogP contribution in [0.2, 0.25) is 0 Å². The number of nitrogens with zero attached hydrogens (tertiary/aromatic N) is 8. The second-order valence-electron chi connectivity index (χ2n) is 14.5. The fourth-order valence-electron chi connectivity index (χ4n) is 8.38. The van der Waals surface area contributed by atoms with Crippen LogP contribution < -0.4 is 0 Å². The fourth-order valence-corrected chi connectivity index (χ4v) is 8.38. The van der Waals surface area contributed by atoms with E-state index in [-0.39, 0.29) is 0 Å². The Labute approximate surface area is 343 Å². The third kappa shape index (κ3) is 5.69. The lowest BCUT2D eigenvalue weighted by atomic mass is 9.99. The molecule has 0 aliphatic heterocycles. The second kappa shape index (κ2) is 14.0. The van der Waals surface area contributed by atoms with Gasteiger partial charge in [0.25, 0.3) is 0 Å². The molecule has 60 heavy (non-hydrogen) atoms. The summed E-state index contributed by atoms with van der Waals surface area (Å²) < 4.78 is 4.32. The summed E-state index contributed by atoms with van der Waals surface area (Å²) in [5.74, 6) is 0.654. The van der Waals surface area contributed by atoms with Crippen molar-refractivity contribution < 1.29 is 0 Å². The highest BCUT2D eigenvalue weighted by Crippen LogP contribution is 2.40. The minimum Gasteiger partial charge on any atom is -0.307 e. The molecule has 0 saturated carbocycles. The summed E-state index contributed by atoms with van der Waals surface area (Å²) >= 11 is 0. The molecule has 274 valence electrons. The van der Waals surface area contributed by atoms with Crippen LogP contribution in [0.25, 0.3) is 88.5 Å². The van der Waals surface area contributed by atoms with Crippen LogP contribution in [0.3, 0.4) is 0 Å². The van der Waals surface area contributed by atoms with Crippen LogP contribution in [0.5, 0.6) is 0 Å². The van der Waals surface area contributed by atoms with Crippen molar-refractivity contribution >= 4 is 43.6 Å². The normalized spacial score (nSPS) is 10.9. The lowest BCUT2D eigenvalue weighted by molar-refractivity contribution is 1.06. The largest absolute Gasteiger partial charge is 0.307 e. The number of pyridine rings is 1. The van der Waals surface area contributed by atoms with Crippen molar-refractivity contribution in [1.82, 2.24) is 14.1 Å². The van der Waals surface area contributed by atoms with Gasteiger partial charge < -0.3 is 4.57 Å². The van der Waals surface area contributed by atoms with Gasteiger partial charge in [0.2, 0.25) is 0 Å². The molecule has 3 heterocycles. The lowest BCUT2D eigenvalue weighted by Gasteiger charge is -2.17. The topological polar surface area (TPSA) is 142 Å². The van der Waals surface area contributed by atoms with E-state index in [9.17, 15) is 26.3 Å². The number of hydrogen-bond donors (Lipinski definition) is 0. The summed E-state index contributed by atoms with van der Waals surface area (Å²) in [5.41, 5.74) is 11.5. The highest BCUT2D eigenvalue weighted by Gasteiger charge is 2.21. The first-order valence-electron chi connectivity index (χ1n) is 19.0. The molecule has 0 aliphatic carbocycles. The van der Waals surface area contributed by atoms with Gasteiger partial charge in [-0.15, -0.1) is 0 Å². The van der Waals surface area contributed by atoms with Crippen molar-refractivity contribution in [3.63, 3.8) is 0 Å². The number of aromatic nitrogens is 3. The lowest BCUT2D eigenvalue weighted by Crippen LogP contribution is -2.03. The Hall–Kier alpha value is -9.26. The van der Waals surface area contributed by atoms with Crippen LogP contribution in [0, 0.1) is 56.7 Å². The van der Waals surface area contributed by atoms with Gasteiger partial charge in [0.05, 0.1) is 92.1 Å². The smallest absolute Gasteiger partial charge is 0.138 e. The molecule has 7 aromatic carbocycles. The van der Waals surface area contributed by atoms with Crippen molar-refractivity contribution in [3.8, 4) is 75.2 Å². The molecule has 0 amide bonds. The van der Waals surface area contributed by atoms with Crippen molar-refractivity contribution in [2.75, 3.05) is 0 Å². The van der Waals surface area contributed by atoms with Gasteiger partial charge >= 0.3 is 0 Å². The quantitative estimate of drug-likeness (QED) is 0.171. The van der Waals surface area contributed by atoms with E-state index in [1.165, 1.54) is 0 Å². The number of para-hydroxylation sites is 2. The molecule has 0 atom stereocenters. The van der Waals surface area contributed by atoms with Crippen LogP contribution in [0.4, 0.5) is 0 Å². The molecule has 8 nitrogen and oxygen atoms in total. The number of benzene rings is 7. The van der Waals surface area contributed by atoms with Gasteiger partial charge in [-0.1, -0.05) is 72.8 Å². The highest BCUT2D eigenvalue weighted by molar-refractivity contribution is 6.12. The summed E-state index contributed by atoms with van der Waals surface area (Å²) in [6.07, 6.45) is 1.88. The van der Waals surface area contributed by atoms with Gasteiger partial charge in [-0.05, 0) is 107 Å². The van der Waals surface area contributed by atoms with Gasteiger partial charge in [-0.25, -0.2) is 4.98 Å². The Bertz CT molecular complexity index is 3620. The maximum atomic E-state index is 10.0. The van der Waals surface area contributed by atoms with E-state index in [0.717, 1.165) is 82.7 Å². The van der Waals surface area contributed by atoms with Gasteiger partial charge in [0.1, 0.15) is 5.82 Å². The summed E-state index contributed by atoms with van der Waals surface area (Å²) in [5, 5.41) is 53.2. The maximum Gasteiger partial charge on any atom is 0.138 e. The summed E-state index contributed by atoms with van der Waals surface area (Å²) in [6.45, 7) is 0. The Morgan fingerprint density at radius 1 is 0.350 bits per heavy atom. The van der Waals surface area contributed by atoms with E-state index < -0.39 is 0 Å². The van der Waals surface area contributed by atoms with E-state index in [4.69, 9.17) is 4.98 Å². The molecule has 0 saturated heterocycles. The van der Waals surface area contributed by atoms with Crippen LogP contribution in [-0.4, -0.2) is 14.1 Å². The zero-order chi connectivity index (χ0) is 40.9. The van der Waals surface area contributed by atoms with Crippen molar-refractivity contribution in [3.05, 3.63) is 186 Å². The van der Waals surface area contributed by atoms with Crippen molar-refractivity contribution in [1.29, 1.82) is 26.3 Å². The van der Waals surface area contributed by atoms with Crippen molar-refractivity contribution in [2.24, 2.45) is 0 Å². The van der Waals surface area contributed by atoms with E-state index in [0.29, 0.717) is 33.6 Å². The summed E-state index contributed by atoms with van der Waals surface area (Å²) in [4.78, 5) is 5.22. The molecular weight excluding hydrogens is 737 g/mol. The minimum absolute atomic E-state index is 0.406. The Morgan fingerprint density at radius 3 is 1.35 bits per heavy atom. The van der Waals surface area contributed by atoms with Crippen LogP contribution >= 0.6 is 0 Å². The molecule has 0 spiro atoms. The molecule has 10 aromatic rings. The Kier molecular flexibility index (Phi) is 8.23. The van der Waals surface area contributed by atoms with Crippen LogP contribution in [0.15, 0.2) is 158 Å². The third-order valence-corrected chi connectivity index (χ3v) is 11.0. The minimum atomic E-state index is 0.406. The molecule has 0 aliphatic rings. The predicted octanol–water partition coefficient (Wildman–Crippen LogP) is 11.6. The molecule has 8 heteroatoms. The average molecular weight is 763 g/mol.